The molecule has 0 saturated carbocycles. The fraction of sp³-hybridized carbons (Fsp3) is 0.0800. The van der Waals surface area contributed by atoms with Crippen LogP contribution in [0.1, 0.15) is 34.0 Å². The summed E-state index contributed by atoms with van der Waals surface area (Å²) >= 11 is 4.46. The topological polar surface area (TPSA) is 198 Å². The zero-order valence-electron chi connectivity index (χ0n) is 19.3. The van der Waals surface area contributed by atoms with E-state index in [0.29, 0.717) is 16.1 Å². The van der Waals surface area contributed by atoms with Crippen molar-refractivity contribution in [3.8, 4) is 22.9 Å². The van der Waals surface area contributed by atoms with Crippen LogP contribution in [0.25, 0.3) is 11.1 Å². The van der Waals surface area contributed by atoms with Gasteiger partial charge in [-0.3, -0.25) is 15.0 Å². The number of anilines is 2. The summed E-state index contributed by atoms with van der Waals surface area (Å²) in [5.74, 6) is -2.86. The number of carbonyl (C=O) groups excluding carboxylic acids is 2. The number of aromatic hydroxyl groups is 1. The van der Waals surface area contributed by atoms with Crippen molar-refractivity contribution in [3.05, 3.63) is 70.8 Å². The van der Waals surface area contributed by atoms with E-state index in [9.17, 15) is 24.6 Å². The van der Waals surface area contributed by atoms with E-state index >= 15 is 0 Å². The number of carbonyl (C=O) groups is 3. The number of amides is 2. The van der Waals surface area contributed by atoms with Crippen molar-refractivity contribution in [1.82, 2.24) is 6.15 Å². The molecule has 3 aromatic carbocycles. The molecule has 0 spiro atoms. The van der Waals surface area contributed by atoms with E-state index in [-0.39, 0.29) is 40.2 Å². The molecule has 0 aliphatic rings. The molecule has 11 heteroatoms. The van der Waals surface area contributed by atoms with Gasteiger partial charge in [0.15, 0.2) is 0 Å². The molecule has 0 heterocycles. The number of thiol groups is 1. The minimum absolute atomic E-state index is 0. The van der Waals surface area contributed by atoms with Crippen LogP contribution in [0, 0.1) is 23.7 Å². The fourth-order valence-corrected chi connectivity index (χ4v) is 3.76. The number of phenolic OH excluding ortho intramolecular Hbond substituents is 1. The first-order valence-electron chi connectivity index (χ1n) is 10.1. The fourth-order valence-electron chi connectivity index (χ4n) is 3.45. The van der Waals surface area contributed by atoms with Crippen LogP contribution < -0.4 is 16.8 Å². The van der Waals surface area contributed by atoms with E-state index in [1.807, 2.05) is 13.0 Å². The number of phenols is 1. The maximum absolute atomic E-state index is 12.7. The van der Waals surface area contributed by atoms with Gasteiger partial charge in [-0.1, -0.05) is 6.07 Å². The van der Waals surface area contributed by atoms with Crippen LogP contribution >= 0.6 is 12.6 Å². The molecule has 0 aliphatic carbocycles. The molecule has 0 saturated heterocycles. The molecule has 0 radical (unpaired) electrons. The van der Waals surface area contributed by atoms with E-state index in [0.717, 1.165) is 17.2 Å². The number of aryl methyl sites for hydroxylation is 1. The van der Waals surface area contributed by atoms with Gasteiger partial charge in [0.2, 0.25) is 5.91 Å². The monoisotopic (exact) mass is 505 g/mol. The van der Waals surface area contributed by atoms with Crippen molar-refractivity contribution in [2.75, 3.05) is 10.6 Å². The minimum Gasteiger partial charge on any atom is -0.507 e. The number of hydrogen-bond donors (Lipinski definition) is 7. The van der Waals surface area contributed by atoms with Crippen LogP contribution in [0.2, 0.25) is 0 Å². The second kappa shape index (κ2) is 11.2. The first-order chi connectivity index (χ1) is 16.5. The average Bonchev–Trinajstić information content (AvgIpc) is 2.79. The Morgan fingerprint density at radius 2 is 1.69 bits per heavy atom. The highest BCUT2D eigenvalue weighted by Gasteiger charge is 2.21. The van der Waals surface area contributed by atoms with Crippen molar-refractivity contribution in [1.29, 1.82) is 10.7 Å². The van der Waals surface area contributed by atoms with Crippen molar-refractivity contribution in [3.63, 3.8) is 0 Å². The minimum atomic E-state index is -1.35. The summed E-state index contributed by atoms with van der Waals surface area (Å²) < 4.78 is 0. The molecular formula is C25H23N5O5S. The van der Waals surface area contributed by atoms with E-state index in [4.69, 9.17) is 10.7 Å². The van der Waals surface area contributed by atoms with E-state index in [1.54, 1.807) is 18.2 Å². The van der Waals surface area contributed by atoms with Crippen LogP contribution in [-0.2, 0) is 9.59 Å². The lowest BCUT2D eigenvalue weighted by Gasteiger charge is -2.15. The Bertz CT molecular complexity index is 1450. The molecular weight excluding hydrogens is 482 g/mol. The maximum Gasteiger partial charge on any atom is 0.337 e. The van der Waals surface area contributed by atoms with Crippen LogP contribution in [0.3, 0.4) is 0 Å². The third-order valence-corrected chi connectivity index (χ3v) is 5.44. The molecule has 0 fully saturated rings. The molecule has 2 amide bonds. The molecule has 0 aromatic heterocycles. The quantitative estimate of drug-likeness (QED) is 0.191. The third kappa shape index (κ3) is 5.87. The van der Waals surface area contributed by atoms with Gasteiger partial charge in [-0.25, -0.2) is 4.79 Å². The van der Waals surface area contributed by atoms with Gasteiger partial charge in [0, 0.05) is 23.1 Å². The van der Waals surface area contributed by atoms with Crippen molar-refractivity contribution < 1.29 is 24.6 Å². The normalized spacial score (nSPS) is 9.94. The SMILES string of the molecule is CC(=O)Nc1ccc(-c2cc(O)c(C(=N)C(=O)Nc3ccc(C#N)cc3C(=O)O)cc2S)c(C)c1.N. The summed E-state index contributed by atoms with van der Waals surface area (Å²) in [4.78, 5) is 35.8. The lowest BCUT2D eigenvalue weighted by Crippen LogP contribution is -2.24. The zero-order chi connectivity index (χ0) is 25.9. The molecule has 8 N–H and O–H groups in total. The highest BCUT2D eigenvalue weighted by atomic mass is 32.1. The van der Waals surface area contributed by atoms with E-state index in [1.165, 1.54) is 31.2 Å². The molecule has 0 atom stereocenters. The number of nitrogens with one attached hydrogen (secondary N) is 3. The van der Waals surface area contributed by atoms with Gasteiger partial charge < -0.3 is 27.0 Å². The Balaban J connectivity index is 0.00000456. The van der Waals surface area contributed by atoms with Crippen molar-refractivity contribution in [2.45, 2.75) is 18.7 Å². The number of carboxylic acid groups (broad SMARTS) is 1. The molecule has 3 rings (SSSR count). The number of nitrogens with zero attached hydrogens (tertiary/aromatic N) is 1. The van der Waals surface area contributed by atoms with Gasteiger partial charge in [0.25, 0.3) is 5.91 Å². The standard InChI is InChI=1S/C25H20N4O5S.H3N/c1-12-7-15(28-13(2)30)4-5-16(12)17-9-21(31)19(10-22(17)35)23(27)24(32)29-20-6-3-14(11-26)8-18(20)25(33)34;/h3-10,27,31,35H,1-2H3,(H,28,30)(H,29,32)(H,33,34);1H3. The Labute approximate surface area is 212 Å². The van der Waals surface area contributed by atoms with Crippen molar-refractivity contribution >= 4 is 47.5 Å². The Morgan fingerprint density at radius 1 is 1.00 bits per heavy atom. The molecule has 0 bridgehead atoms. The lowest BCUT2D eigenvalue weighted by atomic mass is 9.96. The largest absolute Gasteiger partial charge is 0.507 e. The van der Waals surface area contributed by atoms with Crippen LogP contribution in [0.5, 0.6) is 5.75 Å². The molecule has 3 aromatic rings. The number of carboxylic acids is 1. The molecule has 36 heavy (non-hydrogen) atoms. The van der Waals surface area contributed by atoms with Gasteiger partial charge in [-0.05, 0) is 66.1 Å². The van der Waals surface area contributed by atoms with Gasteiger partial charge in [0.05, 0.1) is 22.9 Å². The molecule has 10 nitrogen and oxygen atoms in total. The van der Waals surface area contributed by atoms with Gasteiger partial charge in [-0.15, -0.1) is 12.6 Å². The first-order valence-corrected chi connectivity index (χ1v) is 10.6. The smallest absolute Gasteiger partial charge is 0.337 e. The number of aromatic carboxylic acids is 1. The van der Waals surface area contributed by atoms with E-state index in [2.05, 4.69) is 23.3 Å². The number of benzene rings is 3. The van der Waals surface area contributed by atoms with Gasteiger partial charge >= 0.3 is 5.97 Å². The Morgan fingerprint density at radius 3 is 2.28 bits per heavy atom. The summed E-state index contributed by atoms with van der Waals surface area (Å²) in [5.41, 5.74) is 1.68. The molecule has 0 unspecified atom stereocenters. The molecule has 184 valence electrons. The van der Waals surface area contributed by atoms with Gasteiger partial charge in [-0.2, -0.15) is 5.26 Å². The summed E-state index contributed by atoms with van der Waals surface area (Å²) in [6.07, 6.45) is 0. The number of hydrogen-bond acceptors (Lipinski definition) is 8. The predicted octanol–water partition coefficient (Wildman–Crippen LogP) is 4.35. The summed E-state index contributed by atoms with van der Waals surface area (Å²) in [6, 6.07) is 13.5. The summed E-state index contributed by atoms with van der Waals surface area (Å²) in [6.45, 7) is 3.23. The average molecular weight is 506 g/mol. The zero-order valence-corrected chi connectivity index (χ0v) is 20.2. The highest BCUT2D eigenvalue weighted by molar-refractivity contribution is 7.80. The van der Waals surface area contributed by atoms with Crippen LogP contribution in [0.4, 0.5) is 11.4 Å². The van der Waals surface area contributed by atoms with Crippen LogP contribution in [0.15, 0.2) is 53.4 Å². The molecule has 0 aliphatic heterocycles. The summed E-state index contributed by atoms with van der Waals surface area (Å²) in [7, 11) is 0. The van der Waals surface area contributed by atoms with Crippen molar-refractivity contribution in [2.24, 2.45) is 0 Å². The summed E-state index contributed by atoms with van der Waals surface area (Å²) in [5, 5.41) is 42.2. The predicted molar refractivity (Wildman–Crippen MR) is 138 cm³/mol. The first kappa shape index (κ1) is 27.6. The Hall–Kier alpha value is -4.66. The highest BCUT2D eigenvalue weighted by Crippen LogP contribution is 2.35. The second-order valence-electron chi connectivity index (χ2n) is 7.60. The second-order valence-corrected chi connectivity index (χ2v) is 8.09. The lowest BCUT2D eigenvalue weighted by molar-refractivity contribution is -0.114. The third-order valence-electron chi connectivity index (χ3n) is 5.07. The maximum atomic E-state index is 12.7. The van der Waals surface area contributed by atoms with Gasteiger partial charge in [0.1, 0.15) is 11.5 Å². The van der Waals surface area contributed by atoms with E-state index < -0.39 is 17.6 Å². The Kier molecular flexibility index (Phi) is 8.56. The number of nitriles is 1. The van der Waals surface area contributed by atoms with Crippen LogP contribution in [-0.4, -0.2) is 33.7 Å². The number of rotatable bonds is 6.